The molecule has 2 aromatic carbocycles. The van der Waals surface area contributed by atoms with E-state index in [0.717, 1.165) is 5.56 Å². The Labute approximate surface area is 180 Å². The summed E-state index contributed by atoms with van der Waals surface area (Å²) in [5.41, 5.74) is 1.52. The number of nitrogens with one attached hydrogen (secondary N) is 1. The number of carbonyl (C=O) groups excluding carboxylic acids is 3. The van der Waals surface area contributed by atoms with Crippen molar-refractivity contribution in [2.24, 2.45) is 0 Å². The summed E-state index contributed by atoms with van der Waals surface area (Å²) in [6, 6.07) is 12.4. The Kier molecular flexibility index (Phi) is 4.68. The van der Waals surface area contributed by atoms with Crippen LogP contribution in [-0.2, 0) is 4.79 Å². The molecule has 1 N–H and O–H groups in total. The lowest BCUT2D eigenvalue weighted by Crippen LogP contribution is -2.52. The summed E-state index contributed by atoms with van der Waals surface area (Å²) < 4.78 is 11.6. The number of benzene rings is 2. The van der Waals surface area contributed by atoms with E-state index in [1.165, 1.54) is 0 Å². The Bertz CT molecular complexity index is 1070. The summed E-state index contributed by atoms with van der Waals surface area (Å²) in [5, 5.41) is 2.91. The number of ether oxygens (including phenoxy) is 2. The van der Waals surface area contributed by atoms with Gasteiger partial charge in [-0.3, -0.25) is 14.4 Å². The third-order valence-corrected chi connectivity index (χ3v) is 6.59. The molecule has 0 radical (unpaired) electrons. The summed E-state index contributed by atoms with van der Waals surface area (Å²) in [5.74, 6) is 1.14. The molecule has 3 heterocycles. The Morgan fingerprint density at radius 2 is 1.94 bits per heavy atom. The first kappa shape index (κ1) is 19.6. The number of piperidine rings is 1. The molecular formula is C24H24N2O5. The van der Waals surface area contributed by atoms with E-state index in [0.29, 0.717) is 55.0 Å². The number of amides is 2. The number of hydrogen-bond acceptors (Lipinski definition) is 5. The number of fused-ring (bicyclic) bond motifs is 2. The van der Waals surface area contributed by atoms with Crippen LogP contribution in [0, 0.1) is 0 Å². The van der Waals surface area contributed by atoms with E-state index in [1.54, 1.807) is 31.4 Å². The predicted molar refractivity (Wildman–Crippen MR) is 112 cm³/mol. The maximum absolute atomic E-state index is 12.9. The highest BCUT2D eigenvalue weighted by molar-refractivity contribution is 6.01. The molecule has 31 heavy (non-hydrogen) atoms. The largest absolute Gasteiger partial charge is 0.497 e. The zero-order valence-corrected chi connectivity index (χ0v) is 17.3. The van der Waals surface area contributed by atoms with Crippen molar-refractivity contribution in [1.82, 2.24) is 10.2 Å². The molecule has 7 nitrogen and oxygen atoms in total. The molecule has 1 saturated heterocycles. The molecule has 3 aliphatic rings. The highest BCUT2D eigenvalue weighted by atomic mass is 16.5. The zero-order chi connectivity index (χ0) is 21.6. The van der Waals surface area contributed by atoms with Crippen LogP contribution in [-0.4, -0.2) is 48.3 Å². The Balaban J connectivity index is 1.25. The lowest BCUT2D eigenvalue weighted by molar-refractivity contribution is -0.135. The lowest BCUT2D eigenvalue weighted by Gasteiger charge is -2.44. The predicted octanol–water partition coefficient (Wildman–Crippen LogP) is 2.90. The first-order valence-electron chi connectivity index (χ1n) is 10.6. The normalized spacial score (nSPS) is 21.2. The van der Waals surface area contributed by atoms with Gasteiger partial charge in [-0.1, -0.05) is 18.2 Å². The van der Waals surface area contributed by atoms with Gasteiger partial charge < -0.3 is 19.7 Å². The van der Waals surface area contributed by atoms with E-state index in [2.05, 4.69) is 5.32 Å². The van der Waals surface area contributed by atoms with E-state index in [1.807, 2.05) is 23.1 Å². The molecule has 1 fully saturated rings. The van der Waals surface area contributed by atoms with Gasteiger partial charge in [0, 0.05) is 37.6 Å². The van der Waals surface area contributed by atoms with Crippen molar-refractivity contribution in [2.75, 3.05) is 20.2 Å². The lowest BCUT2D eigenvalue weighted by atomic mass is 9.82. The first-order chi connectivity index (χ1) is 15.0. The number of rotatable bonds is 3. The third-order valence-electron chi connectivity index (χ3n) is 6.59. The monoisotopic (exact) mass is 420 g/mol. The average Bonchev–Trinajstić information content (AvgIpc) is 3.09. The van der Waals surface area contributed by atoms with Crippen LogP contribution >= 0.6 is 0 Å². The number of methoxy groups -OCH3 is 1. The van der Waals surface area contributed by atoms with Crippen LogP contribution in [0.2, 0.25) is 0 Å². The Morgan fingerprint density at radius 1 is 1.16 bits per heavy atom. The number of ketones is 1. The maximum atomic E-state index is 12.9. The molecule has 3 aliphatic heterocycles. The smallest absolute Gasteiger partial charge is 0.252 e. The number of carbonyl (C=O) groups is 3. The highest BCUT2D eigenvalue weighted by Crippen LogP contribution is 2.41. The molecular weight excluding hydrogens is 396 g/mol. The molecule has 1 spiro atoms. The van der Waals surface area contributed by atoms with E-state index in [4.69, 9.17) is 9.47 Å². The molecule has 0 aromatic heterocycles. The van der Waals surface area contributed by atoms with Gasteiger partial charge in [-0.2, -0.15) is 0 Å². The van der Waals surface area contributed by atoms with E-state index in [9.17, 15) is 14.4 Å². The summed E-state index contributed by atoms with van der Waals surface area (Å²) in [6.45, 7) is 1.04. The van der Waals surface area contributed by atoms with Gasteiger partial charge in [0.25, 0.3) is 5.91 Å². The molecule has 0 aliphatic carbocycles. The number of nitrogens with zero attached hydrogens (tertiary/aromatic N) is 1. The second-order valence-corrected chi connectivity index (χ2v) is 8.45. The number of likely N-dealkylation sites (tertiary alicyclic amines) is 1. The summed E-state index contributed by atoms with van der Waals surface area (Å²) in [4.78, 5) is 39.6. The van der Waals surface area contributed by atoms with E-state index in [-0.39, 0.29) is 30.1 Å². The number of hydrogen-bond donors (Lipinski definition) is 1. The molecule has 0 bridgehead atoms. The van der Waals surface area contributed by atoms with Crippen molar-refractivity contribution < 1.29 is 23.9 Å². The molecule has 2 amide bonds. The van der Waals surface area contributed by atoms with Crippen molar-refractivity contribution in [3.05, 3.63) is 59.2 Å². The van der Waals surface area contributed by atoms with Crippen molar-refractivity contribution in [2.45, 2.75) is 37.3 Å². The molecule has 7 heteroatoms. The molecule has 1 atom stereocenters. The Morgan fingerprint density at radius 3 is 2.71 bits per heavy atom. The number of Topliss-reactive ketones (excluding diaryl/α,β-unsaturated/α-hetero) is 1. The summed E-state index contributed by atoms with van der Waals surface area (Å²) in [7, 11) is 1.58. The molecule has 1 unspecified atom stereocenters. The molecule has 160 valence electrons. The fraction of sp³-hybridized carbons (Fsp3) is 0.375. The zero-order valence-electron chi connectivity index (χ0n) is 17.3. The van der Waals surface area contributed by atoms with Crippen LogP contribution in [0.1, 0.15) is 58.0 Å². The molecule has 0 saturated carbocycles. The van der Waals surface area contributed by atoms with Gasteiger partial charge in [0.1, 0.15) is 17.1 Å². The molecule has 5 rings (SSSR count). The van der Waals surface area contributed by atoms with Gasteiger partial charge >= 0.3 is 0 Å². The third kappa shape index (κ3) is 3.44. The van der Waals surface area contributed by atoms with Gasteiger partial charge in [-0.05, 0) is 23.8 Å². The van der Waals surface area contributed by atoms with Crippen LogP contribution < -0.4 is 14.8 Å². The minimum atomic E-state index is -0.582. The Hall–Kier alpha value is -3.35. The van der Waals surface area contributed by atoms with Crippen LogP contribution in [0.15, 0.2) is 42.5 Å². The summed E-state index contributed by atoms with van der Waals surface area (Å²) in [6.07, 6.45) is 1.74. The summed E-state index contributed by atoms with van der Waals surface area (Å²) >= 11 is 0. The second-order valence-electron chi connectivity index (χ2n) is 8.45. The molecule has 2 aromatic rings. The quantitative estimate of drug-likeness (QED) is 0.825. The standard InChI is InChI=1S/C24H24N2O5/c1-30-15-6-7-18-20(27)14-24(31-21(18)12-15)8-10-26(11-9-24)22(28)13-19-16-4-2-3-5-17(16)23(29)25-19/h2-7,12,19H,8-11,13-14H2,1H3,(H,25,29). The fourth-order valence-corrected chi connectivity index (χ4v) is 4.83. The van der Waals surface area contributed by atoms with E-state index >= 15 is 0 Å². The van der Waals surface area contributed by atoms with Crippen molar-refractivity contribution >= 4 is 17.6 Å². The average molecular weight is 420 g/mol. The van der Waals surface area contributed by atoms with Crippen LogP contribution in [0.3, 0.4) is 0 Å². The van der Waals surface area contributed by atoms with Gasteiger partial charge in [-0.25, -0.2) is 0 Å². The second kappa shape index (κ2) is 7.41. The topological polar surface area (TPSA) is 84.9 Å². The minimum absolute atomic E-state index is 0.000980. The van der Waals surface area contributed by atoms with Crippen LogP contribution in [0.5, 0.6) is 11.5 Å². The minimum Gasteiger partial charge on any atom is -0.497 e. The van der Waals surface area contributed by atoms with Crippen molar-refractivity contribution in [3.63, 3.8) is 0 Å². The fourth-order valence-electron chi connectivity index (χ4n) is 4.83. The van der Waals surface area contributed by atoms with Gasteiger partial charge in [0.05, 0.1) is 31.6 Å². The van der Waals surface area contributed by atoms with Gasteiger partial charge in [0.2, 0.25) is 5.91 Å². The van der Waals surface area contributed by atoms with Gasteiger partial charge in [-0.15, -0.1) is 0 Å². The van der Waals surface area contributed by atoms with Crippen LogP contribution in [0.4, 0.5) is 0 Å². The van der Waals surface area contributed by atoms with Crippen LogP contribution in [0.25, 0.3) is 0 Å². The van der Waals surface area contributed by atoms with Crippen molar-refractivity contribution in [1.29, 1.82) is 0 Å². The van der Waals surface area contributed by atoms with Gasteiger partial charge in [0.15, 0.2) is 5.78 Å². The SMILES string of the molecule is COc1ccc2c(c1)OC1(CCN(C(=O)CC3NC(=O)c4ccccc43)CC1)CC2=O. The van der Waals surface area contributed by atoms with E-state index < -0.39 is 5.60 Å². The maximum Gasteiger partial charge on any atom is 0.252 e. The highest BCUT2D eigenvalue weighted by Gasteiger charge is 2.44. The first-order valence-corrected chi connectivity index (χ1v) is 10.6. The van der Waals surface area contributed by atoms with Crippen molar-refractivity contribution in [3.8, 4) is 11.5 Å².